The Kier molecular flexibility index (Phi) is 8.04. The highest BCUT2D eigenvalue weighted by atomic mass is 16.3. The Morgan fingerprint density at radius 1 is 0.291 bits per heavy atom. The molecule has 0 N–H and O–H groups in total. The van der Waals surface area contributed by atoms with Crippen LogP contribution in [-0.4, -0.2) is 24.9 Å². The van der Waals surface area contributed by atoms with E-state index in [9.17, 15) is 0 Å². The maximum atomic E-state index is 6.59. The third-order valence-corrected chi connectivity index (χ3v) is 9.78. The number of benzene rings is 7. The number of hydrogen-bond donors (Lipinski definition) is 0. The Balaban J connectivity index is 1.03. The van der Waals surface area contributed by atoms with E-state index >= 15 is 0 Å². The molecule has 10 rings (SSSR count). The lowest BCUT2D eigenvalue weighted by atomic mass is 10.0. The fraction of sp³-hybridized carbons (Fsp3) is 0. The first kappa shape index (κ1) is 32.1. The molecule has 0 saturated heterocycles. The molecule has 3 aromatic heterocycles. The Bertz CT molecular complexity index is 2830. The van der Waals surface area contributed by atoms with Crippen molar-refractivity contribution in [2.45, 2.75) is 0 Å². The van der Waals surface area contributed by atoms with Crippen molar-refractivity contribution < 1.29 is 4.42 Å². The molecule has 0 amide bonds. The molecule has 3 heterocycles. The van der Waals surface area contributed by atoms with Crippen LogP contribution in [0.1, 0.15) is 0 Å². The zero-order valence-electron chi connectivity index (χ0n) is 29.5. The van der Waals surface area contributed by atoms with Gasteiger partial charge >= 0.3 is 0 Å². The van der Waals surface area contributed by atoms with Crippen LogP contribution in [0.15, 0.2) is 192 Å². The van der Waals surface area contributed by atoms with Gasteiger partial charge < -0.3 is 4.42 Å². The Morgan fingerprint density at radius 3 is 1.27 bits per heavy atom. The monoisotopic (exact) mass is 705 g/mol. The molecule has 7 aromatic carbocycles. The Labute approximate surface area is 317 Å². The van der Waals surface area contributed by atoms with Crippen molar-refractivity contribution in [1.82, 2.24) is 24.9 Å². The summed E-state index contributed by atoms with van der Waals surface area (Å²) < 4.78 is 6.59. The minimum atomic E-state index is 0.616. The van der Waals surface area contributed by atoms with Gasteiger partial charge in [0.2, 0.25) is 0 Å². The molecule has 0 aliphatic carbocycles. The van der Waals surface area contributed by atoms with Crippen molar-refractivity contribution in [2.24, 2.45) is 0 Å². The van der Waals surface area contributed by atoms with Gasteiger partial charge in [-0.2, -0.15) is 0 Å². The highest BCUT2D eigenvalue weighted by Gasteiger charge is 2.18. The highest BCUT2D eigenvalue weighted by molar-refractivity contribution is 6.10. The van der Waals surface area contributed by atoms with E-state index in [0.29, 0.717) is 23.3 Å². The molecular formula is C49H31N5O. The van der Waals surface area contributed by atoms with Crippen LogP contribution in [0.5, 0.6) is 0 Å². The van der Waals surface area contributed by atoms with Gasteiger partial charge in [-0.05, 0) is 35.4 Å². The van der Waals surface area contributed by atoms with Crippen molar-refractivity contribution >= 4 is 21.9 Å². The van der Waals surface area contributed by atoms with Crippen LogP contribution in [0.3, 0.4) is 0 Å². The lowest BCUT2D eigenvalue weighted by Gasteiger charge is -2.09. The van der Waals surface area contributed by atoms with Gasteiger partial charge in [0.1, 0.15) is 11.2 Å². The number of fused-ring (bicyclic) bond motifs is 3. The van der Waals surface area contributed by atoms with Crippen molar-refractivity contribution in [3.8, 4) is 79.2 Å². The molecule has 258 valence electrons. The van der Waals surface area contributed by atoms with Crippen LogP contribution < -0.4 is 0 Å². The van der Waals surface area contributed by atoms with Crippen molar-refractivity contribution in [2.75, 3.05) is 0 Å². The number of para-hydroxylation sites is 1. The zero-order valence-corrected chi connectivity index (χ0v) is 29.5. The second-order valence-electron chi connectivity index (χ2n) is 13.3. The summed E-state index contributed by atoms with van der Waals surface area (Å²) in [6.45, 7) is 0. The summed E-state index contributed by atoms with van der Waals surface area (Å²) in [6.07, 6.45) is 0. The summed E-state index contributed by atoms with van der Waals surface area (Å²) in [5.41, 5.74) is 11.1. The molecule has 10 aromatic rings. The standard InChI is InChI=1S/C49H31N5O/c1-5-14-33(15-6-1)42-31-43(34-16-7-2-8-17-34)51-49(50-42)40-23-13-22-39-41-30-38(28-29-44(41)55-45(39)40)32-24-26-37(27-25-32)48-53-46(35-18-9-3-10-19-35)52-47(54-48)36-20-11-4-12-21-36/h1-31H. The topological polar surface area (TPSA) is 77.6 Å². The molecule has 0 radical (unpaired) electrons. The van der Waals surface area contributed by atoms with E-state index in [1.165, 1.54) is 0 Å². The molecule has 0 bridgehead atoms. The van der Waals surface area contributed by atoms with E-state index in [-0.39, 0.29) is 0 Å². The van der Waals surface area contributed by atoms with Crippen LogP contribution in [0.4, 0.5) is 0 Å². The Morgan fingerprint density at radius 2 is 0.745 bits per heavy atom. The molecule has 0 aliphatic rings. The Hall–Kier alpha value is -7.57. The van der Waals surface area contributed by atoms with Gasteiger partial charge in [-0.15, -0.1) is 0 Å². The van der Waals surface area contributed by atoms with Gasteiger partial charge in [0.15, 0.2) is 23.3 Å². The quantitative estimate of drug-likeness (QED) is 0.164. The second kappa shape index (κ2) is 13.8. The van der Waals surface area contributed by atoms with Crippen molar-refractivity contribution in [3.05, 3.63) is 188 Å². The SMILES string of the molecule is c1ccc(-c2cc(-c3ccccc3)nc(-c3cccc4c3oc3ccc(-c5ccc(-c6nc(-c7ccccc7)nc(-c7ccccc7)n6)cc5)cc34)n2)cc1. The van der Waals surface area contributed by atoms with E-state index in [0.717, 1.165) is 77.8 Å². The molecular weight excluding hydrogens is 675 g/mol. The van der Waals surface area contributed by atoms with E-state index < -0.39 is 0 Å². The van der Waals surface area contributed by atoms with Crippen LogP contribution in [-0.2, 0) is 0 Å². The first-order chi connectivity index (χ1) is 27.2. The fourth-order valence-electron chi connectivity index (χ4n) is 6.98. The minimum absolute atomic E-state index is 0.616. The minimum Gasteiger partial charge on any atom is -0.455 e. The summed E-state index contributed by atoms with van der Waals surface area (Å²) in [6, 6.07) is 63.5. The molecule has 0 aliphatic heterocycles. The third kappa shape index (κ3) is 6.22. The first-order valence-electron chi connectivity index (χ1n) is 18.2. The number of rotatable bonds is 7. The number of hydrogen-bond acceptors (Lipinski definition) is 6. The third-order valence-electron chi connectivity index (χ3n) is 9.78. The fourth-order valence-corrected chi connectivity index (χ4v) is 6.98. The molecule has 0 atom stereocenters. The van der Waals surface area contributed by atoms with Gasteiger partial charge in [0, 0.05) is 38.6 Å². The van der Waals surface area contributed by atoms with E-state index in [1.54, 1.807) is 0 Å². The summed E-state index contributed by atoms with van der Waals surface area (Å²) in [7, 11) is 0. The maximum absolute atomic E-state index is 6.59. The average molecular weight is 706 g/mol. The summed E-state index contributed by atoms with van der Waals surface area (Å²) in [4.78, 5) is 24.8. The van der Waals surface area contributed by atoms with Gasteiger partial charge in [-0.25, -0.2) is 24.9 Å². The van der Waals surface area contributed by atoms with Gasteiger partial charge in [-0.1, -0.05) is 164 Å². The summed E-state index contributed by atoms with van der Waals surface area (Å²) in [5.74, 6) is 2.51. The molecule has 6 heteroatoms. The predicted octanol–water partition coefficient (Wildman–Crippen LogP) is 12.2. The van der Waals surface area contributed by atoms with Gasteiger partial charge in [0.05, 0.1) is 17.0 Å². The lowest BCUT2D eigenvalue weighted by molar-refractivity contribution is 0.669. The highest BCUT2D eigenvalue weighted by Crippen LogP contribution is 2.38. The first-order valence-corrected chi connectivity index (χ1v) is 18.2. The largest absolute Gasteiger partial charge is 0.455 e. The van der Waals surface area contributed by atoms with Crippen LogP contribution in [0, 0.1) is 0 Å². The van der Waals surface area contributed by atoms with Crippen LogP contribution >= 0.6 is 0 Å². The molecule has 6 nitrogen and oxygen atoms in total. The summed E-state index contributed by atoms with van der Waals surface area (Å²) in [5, 5.41) is 2.03. The molecule has 55 heavy (non-hydrogen) atoms. The zero-order chi connectivity index (χ0) is 36.6. The summed E-state index contributed by atoms with van der Waals surface area (Å²) >= 11 is 0. The molecule has 0 unspecified atom stereocenters. The van der Waals surface area contributed by atoms with E-state index in [1.807, 2.05) is 109 Å². The number of aromatic nitrogens is 5. The predicted molar refractivity (Wildman–Crippen MR) is 221 cm³/mol. The van der Waals surface area contributed by atoms with Crippen molar-refractivity contribution in [3.63, 3.8) is 0 Å². The van der Waals surface area contributed by atoms with Crippen LogP contribution in [0.25, 0.3) is 101 Å². The second-order valence-corrected chi connectivity index (χ2v) is 13.3. The maximum Gasteiger partial charge on any atom is 0.164 e. The normalized spacial score (nSPS) is 11.3. The lowest BCUT2D eigenvalue weighted by Crippen LogP contribution is -2.00. The smallest absolute Gasteiger partial charge is 0.164 e. The molecule has 0 fully saturated rings. The number of furan rings is 1. The molecule has 0 saturated carbocycles. The van der Waals surface area contributed by atoms with E-state index in [2.05, 4.69) is 78.9 Å². The van der Waals surface area contributed by atoms with Gasteiger partial charge in [-0.3, -0.25) is 0 Å². The van der Waals surface area contributed by atoms with E-state index in [4.69, 9.17) is 29.3 Å². The van der Waals surface area contributed by atoms with Crippen molar-refractivity contribution in [1.29, 1.82) is 0 Å². The molecule has 0 spiro atoms. The number of nitrogens with zero attached hydrogens (tertiary/aromatic N) is 5. The average Bonchev–Trinajstić information content (AvgIpc) is 3.66. The van der Waals surface area contributed by atoms with Crippen LogP contribution in [0.2, 0.25) is 0 Å². The van der Waals surface area contributed by atoms with Gasteiger partial charge in [0.25, 0.3) is 0 Å².